The first-order valence-electron chi connectivity index (χ1n) is 8.49. The molecule has 0 rings (SSSR count). The van der Waals surface area contributed by atoms with Crippen molar-refractivity contribution in [2.24, 2.45) is 5.73 Å². The Bertz CT molecular complexity index is 98.2. The van der Waals surface area contributed by atoms with Crippen LogP contribution in [0.25, 0.3) is 0 Å². The minimum absolute atomic E-state index is 1.37. The maximum atomic E-state index is 4.50. The largest absolute Gasteiger partial charge is 0.333 e. The average molecular weight is 258 g/mol. The third-order valence-corrected chi connectivity index (χ3v) is 3.46. The fraction of sp³-hybridized carbons (Fsp3) is 1.00. The third-order valence-electron chi connectivity index (χ3n) is 3.46. The molecule has 1 heteroatoms. The molecule has 0 aromatic heterocycles. The van der Waals surface area contributed by atoms with Crippen LogP contribution in [0.4, 0.5) is 0 Å². The lowest BCUT2D eigenvalue weighted by Gasteiger charge is -2.02. The van der Waals surface area contributed by atoms with Crippen molar-refractivity contribution in [1.29, 1.82) is 0 Å². The quantitative estimate of drug-likeness (QED) is 0.399. The smallest absolute Gasteiger partial charge is 0.0195 e. The van der Waals surface area contributed by atoms with Crippen LogP contribution in [0.5, 0.6) is 0 Å². The molecule has 0 aromatic carbocycles. The molecular weight excluding hydrogens is 218 g/mol. The van der Waals surface area contributed by atoms with Crippen LogP contribution < -0.4 is 5.73 Å². The minimum Gasteiger partial charge on any atom is -0.333 e. The van der Waals surface area contributed by atoms with Gasteiger partial charge in [-0.15, -0.1) is 0 Å². The molecule has 0 spiro atoms. The second-order valence-corrected chi connectivity index (χ2v) is 5.24. The molecule has 1 nitrogen and oxygen atoms in total. The average Bonchev–Trinajstić information content (AvgIpc) is 2.42. The summed E-state index contributed by atoms with van der Waals surface area (Å²) >= 11 is 0. The van der Waals surface area contributed by atoms with Gasteiger partial charge in [-0.2, -0.15) is 0 Å². The topological polar surface area (TPSA) is 26.0 Å². The lowest BCUT2D eigenvalue weighted by Crippen LogP contribution is -1.82. The number of unbranched alkanes of at least 4 members (excludes halogenated alkanes) is 13. The summed E-state index contributed by atoms with van der Waals surface area (Å²) in [6, 6.07) is 0. The molecule has 0 fully saturated rings. The molecule has 2 N–H and O–H groups in total. The maximum absolute atomic E-state index is 4.50. The fourth-order valence-corrected chi connectivity index (χ4v) is 2.27. The first-order valence-corrected chi connectivity index (χ1v) is 8.49. The van der Waals surface area contributed by atoms with Crippen molar-refractivity contribution < 1.29 is 0 Å². The lowest BCUT2D eigenvalue weighted by atomic mass is 10.0. The van der Waals surface area contributed by atoms with Gasteiger partial charge in [-0.1, -0.05) is 104 Å². The van der Waals surface area contributed by atoms with Crippen LogP contribution in [-0.2, 0) is 0 Å². The zero-order chi connectivity index (χ0) is 13.9. The highest BCUT2D eigenvalue weighted by Crippen LogP contribution is 2.12. The number of nitrogens with two attached hydrogens (primary N) is 1. The monoisotopic (exact) mass is 257 g/mol. The summed E-state index contributed by atoms with van der Waals surface area (Å²) in [6.07, 6.45) is 20.4. The summed E-state index contributed by atoms with van der Waals surface area (Å²) in [5.41, 5.74) is 4.50. The molecule has 0 aromatic rings. The molecule has 0 heterocycles. The van der Waals surface area contributed by atoms with Gasteiger partial charge in [0.2, 0.25) is 0 Å². The predicted molar refractivity (Wildman–Crippen MR) is 86.1 cm³/mol. The fourth-order valence-electron chi connectivity index (χ4n) is 2.27. The molecule has 112 valence electrons. The van der Waals surface area contributed by atoms with E-state index in [0.717, 1.165) is 0 Å². The van der Waals surface area contributed by atoms with E-state index < -0.39 is 0 Å². The van der Waals surface area contributed by atoms with Gasteiger partial charge in [-0.25, -0.2) is 0 Å². The molecule has 0 aliphatic heterocycles. The Balaban J connectivity index is 0. The summed E-state index contributed by atoms with van der Waals surface area (Å²) in [4.78, 5) is 0. The standard InChI is InChI=1S/C16H34.CH5N/c1-3-5-7-9-11-13-15-16-14-12-10-8-6-4-2;1-2/h3-16H2,1-2H3;2H2,1H3. The van der Waals surface area contributed by atoms with Crippen molar-refractivity contribution in [3.8, 4) is 0 Å². The van der Waals surface area contributed by atoms with E-state index in [1.807, 2.05) is 0 Å². The first kappa shape index (κ1) is 20.3. The van der Waals surface area contributed by atoms with Crippen LogP contribution >= 0.6 is 0 Å². The highest BCUT2D eigenvalue weighted by Gasteiger charge is 1.92. The second-order valence-electron chi connectivity index (χ2n) is 5.24. The highest BCUT2D eigenvalue weighted by atomic mass is 14.4. The van der Waals surface area contributed by atoms with Crippen molar-refractivity contribution in [2.75, 3.05) is 7.05 Å². The van der Waals surface area contributed by atoms with Crippen molar-refractivity contribution >= 4 is 0 Å². The zero-order valence-corrected chi connectivity index (χ0v) is 13.5. The third kappa shape index (κ3) is 21.3. The second kappa shape index (κ2) is 22.2. The molecule has 0 saturated carbocycles. The Morgan fingerprint density at radius 2 is 0.556 bits per heavy atom. The van der Waals surface area contributed by atoms with E-state index in [1.54, 1.807) is 0 Å². The molecule has 0 saturated heterocycles. The molecule has 0 aliphatic carbocycles. The number of hydrogen-bond acceptors (Lipinski definition) is 1. The number of rotatable bonds is 13. The van der Waals surface area contributed by atoms with Crippen LogP contribution in [0.1, 0.15) is 104 Å². The Hall–Kier alpha value is -0.0400. The van der Waals surface area contributed by atoms with Gasteiger partial charge in [0.15, 0.2) is 0 Å². The molecule has 0 bridgehead atoms. The predicted octanol–water partition coefficient (Wildman–Crippen LogP) is 6.06. The molecule has 0 amide bonds. The summed E-state index contributed by atoms with van der Waals surface area (Å²) in [5, 5.41) is 0. The SMILES string of the molecule is CCCCCCCCCCCCCCCC.CN. The van der Waals surface area contributed by atoms with Gasteiger partial charge >= 0.3 is 0 Å². The minimum atomic E-state index is 1.37. The Kier molecular flexibility index (Phi) is 25.0. The van der Waals surface area contributed by atoms with E-state index in [0.29, 0.717) is 0 Å². The normalized spacial score (nSPS) is 10.0. The van der Waals surface area contributed by atoms with Crippen LogP contribution in [0.3, 0.4) is 0 Å². The number of hydrogen-bond donors (Lipinski definition) is 1. The summed E-state index contributed by atoms with van der Waals surface area (Å²) < 4.78 is 0. The van der Waals surface area contributed by atoms with Crippen molar-refractivity contribution in [3.05, 3.63) is 0 Å². The Labute approximate surface area is 117 Å². The summed E-state index contributed by atoms with van der Waals surface area (Å²) in [6.45, 7) is 4.58. The van der Waals surface area contributed by atoms with Crippen LogP contribution in [0, 0.1) is 0 Å². The molecule has 18 heavy (non-hydrogen) atoms. The van der Waals surface area contributed by atoms with Crippen molar-refractivity contribution in [3.63, 3.8) is 0 Å². The zero-order valence-electron chi connectivity index (χ0n) is 13.5. The van der Waals surface area contributed by atoms with Gasteiger partial charge in [-0.05, 0) is 7.05 Å². The van der Waals surface area contributed by atoms with Crippen LogP contribution in [0.15, 0.2) is 0 Å². The van der Waals surface area contributed by atoms with Crippen molar-refractivity contribution in [1.82, 2.24) is 0 Å². The molecule has 0 aliphatic rings. The van der Waals surface area contributed by atoms with E-state index in [2.05, 4.69) is 19.6 Å². The molecular formula is C17H39N. The van der Waals surface area contributed by atoms with E-state index >= 15 is 0 Å². The van der Waals surface area contributed by atoms with Crippen LogP contribution in [-0.4, -0.2) is 7.05 Å². The van der Waals surface area contributed by atoms with Crippen LogP contribution in [0.2, 0.25) is 0 Å². The van der Waals surface area contributed by atoms with Gasteiger partial charge in [-0.3, -0.25) is 0 Å². The van der Waals surface area contributed by atoms with E-state index in [4.69, 9.17) is 0 Å². The molecule has 0 unspecified atom stereocenters. The Morgan fingerprint density at radius 1 is 0.389 bits per heavy atom. The summed E-state index contributed by atoms with van der Waals surface area (Å²) in [7, 11) is 1.50. The van der Waals surface area contributed by atoms with Gasteiger partial charge in [0, 0.05) is 0 Å². The lowest BCUT2D eigenvalue weighted by molar-refractivity contribution is 0.538. The van der Waals surface area contributed by atoms with Gasteiger partial charge < -0.3 is 5.73 Å². The van der Waals surface area contributed by atoms with Gasteiger partial charge in [0.05, 0.1) is 0 Å². The first-order chi connectivity index (χ1) is 8.91. The maximum Gasteiger partial charge on any atom is -0.0195 e. The summed E-state index contributed by atoms with van der Waals surface area (Å²) in [5.74, 6) is 0. The van der Waals surface area contributed by atoms with Crippen molar-refractivity contribution in [2.45, 2.75) is 104 Å². The van der Waals surface area contributed by atoms with Gasteiger partial charge in [0.1, 0.15) is 0 Å². The van der Waals surface area contributed by atoms with E-state index in [-0.39, 0.29) is 0 Å². The van der Waals surface area contributed by atoms with E-state index in [1.165, 1.54) is 96.9 Å². The van der Waals surface area contributed by atoms with Gasteiger partial charge in [0.25, 0.3) is 0 Å². The van der Waals surface area contributed by atoms with E-state index in [9.17, 15) is 0 Å². The molecule has 0 atom stereocenters. The highest BCUT2D eigenvalue weighted by molar-refractivity contribution is 4.48. The molecule has 0 radical (unpaired) electrons. The Morgan fingerprint density at radius 3 is 0.722 bits per heavy atom.